The number of ether oxygens (including phenoxy) is 4. The van der Waals surface area contributed by atoms with Gasteiger partial charge < -0.3 is 18.9 Å². The summed E-state index contributed by atoms with van der Waals surface area (Å²) >= 11 is 1.00. The number of benzene rings is 2. The minimum absolute atomic E-state index is 0.203. The number of imide groups is 1. The van der Waals surface area contributed by atoms with Crippen LogP contribution < -0.4 is 19.5 Å². The van der Waals surface area contributed by atoms with Gasteiger partial charge in [-0.1, -0.05) is 58.5 Å². The molecule has 3 unspecified atom stereocenters. The molecule has 0 bridgehead atoms. The average Bonchev–Trinajstić information content (AvgIpc) is 3.28. The molecule has 3 atom stereocenters. The van der Waals surface area contributed by atoms with Crippen molar-refractivity contribution in [1.29, 1.82) is 0 Å². The van der Waals surface area contributed by atoms with Gasteiger partial charge in [-0.05, 0) is 62.4 Å². The maximum absolute atomic E-state index is 12.9. The van der Waals surface area contributed by atoms with Crippen LogP contribution >= 0.6 is 11.8 Å². The van der Waals surface area contributed by atoms with Crippen LogP contribution in [0.2, 0.25) is 0 Å². The maximum Gasteiger partial charge on any atom is 0.313 e. The molecular weight excluding hydrogens is 570 g/mol. The number of fused-ring (bicyclic) bond motifs is 1. The van der Waals surface area contributed by atoms with Crippen LogP contribution in [0, 0.1) is 32.6 Å². The predicted molar refractivity (Wildman–Crippen MR) is 164 cm³/mol. The summed E-state index contributed by atoms with van der Waals surface area (Å²) in [6, 6.07) is 7.43. The summed E-state index contributed by atoms with van der Waals surface area (Å²) in [5.41, 5.74) is 3.14. The summed E-state index contributed by atoms with van der Waals surface area (Å²) in [5.74, 6) is 0.166. The Morgan fingerprint density at radius 1 is 1.00 bits per heavy atom. The highest BCUT2D eigenvalue weighted by molar-refractivity contribution is 8.15. The number of carbonyl (C=O) groups is 4. The van der Waals surface area contributed by atoms with Crippen molar-refractivity contribution < 1.29 is 38.1 Å². The number of amides is 2. The first-order chi connectivity index (χ1) is 20.2. The van der Waals surface area contributed by atoms with Crippen molar-refractivity contribution in [1.82, 2.24) is 5.32 Å². The number of hydrogen-bond acceptors (Lipinski definition) is 9. The first-order valence-corrected chi connectivity index (χ1v) is 15.6. The molecule has 0 aliphatic carbocycles. The molecule has 2 amide bonds. The Kier molecular flexibility index (Phi) is 9.79. The van der Waals surface area contributed by atoms with Crippen molar-refractivity contribution in [2.75, 3.05) is 6.61 Å². The summed E-state index contributed by atoms with van der Waals surface area (Å²) in [6.45, 7) is 15.1. The highest BCUT2D eigenvalue weighted by Gasteiger charge is 2.45. The molecule has 9 nitrogen and oxygen atoms in total. The maximum atomic E-state index is 12.9. The van der Waals surface area contributed by atoms with Crippen molar-refractivity contribution in [3.63, 3.8) is 0 Å². The van der Waals surface area contributed by atoms with Crippen molar-refractivity contribution in [3.05, 3.63) is 52.1 Å². The summed E-state index contributed by atoms with van der Waals surface area (Å²) in [5, 5.41) is 1.56. The lowest BCUT2D eigenvalue weighted by molar-refractivity contribution is -0.159. The molecule has 232 valence electrons. The van der Waals surface area contributed by atoms with E-state index in [2.05, 4.69) is 5.32 Å². The lowest BCUT2D eigenvalue weighted by Gasteiger charge is -2.43. The molecule has 2 aliphatic rings. The minimum Gasteiger partial charge on any atom is -0.489 e. The normalized spacial score (nSPS) is 21.3. The second-order valence-corrected chi connectivity index (χ2v) is 13.1. The van der Waals surface area contributed by atoms with Gasteiger partial charge in [0.25, 0.3) is 5.24 Å². The van der Waals surface area contributed by atoms with Crippen LogP contribution in [0.25, 0.3) is 0 Å². The third-order valence-electron chi connectivity index (χ3n) is 8.09. The van der Waals surface area contributed by atoms with E-state index in [1.807, 2.05) is 52.0 Å². The molecule has 43 heavy (non-hydrogen) atoms. The molecule has 0 spiro atoms. The van der Waals surface area contributed by atoms with Crippen molar-refractivity contribution in [2.24, 2.45) is 11.8 Å². The number of nitrogens with one attached hydrogen (secondary N) is 1. The standard InChI is InChI=1S/C33H41NO8S/c1-9-33(16-39-23-12-10-22(11-13-23)14-25-29(35)34-32(38)43-25)15-24(40-30(36)17(2)3)26-21(8)27(41-31(37)18(4)5)19(6)20(7)28(26)42-33/h10-13,17-18,24-25H,9,14-16H2,1-8H3,(H,34,35,38). The molecule has 2 aromatic carbocycles. The Morgan fingerprint density at radius 3 is 2.21 bits per heavy atom. The van der Waals surface area contributed by atoms with Gasteiger partial charge in [0, 0.05) is 17.5 Å². The third-order valence-corrected chi connectivity index (χ3v) is 9.07. The topological polar surface area (TPSA) is 117 Å². The number of hydrogen-bond donors (Lipinski definition) is 1. The summed E-state index contributed by atoms with van der Waals surface area (Å²) in [6.07, 6.45) is 0.759. The van der Waals surface area contributed by atoms with E-state index in [-0.39, 0.29) is 41.5 Å². The van der Waals surface area contributed by atoms with Gasteiger partial charge in [0.05, 0.1) is 17.1 Å². The van der Waals surface area contributed by atoms with Crippen LogP contribution in [0.15, 0.2) is 24.3 Å². The first kappa shape index (κ1) is 32.4. The van der Waals surface area contributed by atoms with Crippen LogP contribution in [0.5, 0.6) is 17.2 Å². The fourth-order valence-electron chi connectivity index (χ4n) is 5.17. The van der Waals surface area contributed by atoms with Gasteiger partial charge in [-0.2, -0.15) is 0 Å². The third kappa shape index (κ3) is 7.00. The molecule has 1 saturated heterocycles. The molecule has 2 aromatic rings. The largest absolute Gasteiger partial charge is 0.489 e. The molecule has 1 N–H and O–H groups in total. The molecule has 0 aromatic heterocycles. The number of carbonyl (C=O) groups excluding carboxylic acids is 4. The molecule has 0 saturated carbocycles. The Bertz CT molecular complexity index is 1420. The van der Waals surface area contributed by atoms with Gasteiger partial charge in [-0.25, -0.2) is 0 Å². The lowest BCUT2D eigenvalue weighted by atomic mass is 9.83. The van der Waals surface area contributed by atoms with Crippen LogP contribution in [0.1, 0.15) is 81.4 Å². The Labute approximate surface area is 257 Å². The van der Waals surface area contributed by atoms with E-state index < -0.39 is 17.0 Å². The lowest BCUT2D eigenvalue weighted by Crippen LogP contribution is -2.47. The SMILES string of the molecule is CCC1(COc2ccc(CC3SC(=O)NC3=O)cc2)CC(OC(=O)C(C)C)c2c(C)c(OC(=O)C(C)C)c(C)c(C)c2O1. The summed E-state index contributed by atoms with van der Waals surface area (Å²) in [7, 11) is 0. The fourth-order valence-corrected chi connectivity index (χ4v) is 6.03. The predicted octanol–water partition coefficient (Wildman–Crippen LogP) is 6.32. The molecule has 1 fully saturated rings. The monoisotopic (exact) mass is 611 g/mol. The summed E-state index contributed by atoms with van der Waals surface area (Å²) in [4.78, 5) is 48.9. The molecule has 10 heteroatoms. The molecule has 2 aliphatic heterocycles. The quantitative estimate of drug-likeness (QED) is 0.243. The zero-order chi connectivity index (χ0) is 31.6. The van der Waals surface area contributed by atoms with Gasteiger partial charge in [0.2, 0.25) is 5.91 Å². The zero-order valence-corrected chi connectivity index (χ0v) is 26.9. The van der Waals surface area contributed by atoms with E-state index in [1.54, 1.807) is 27.7 Å². The minimum atomic E-state index is -0.799. The van der Waals surface area contributed by atoms with Gasteiger partial charge >= 0.3 is 11.9 Å². The highest BCUT2D eigenvalue weighted by atomic mass is 32.2. The van der Waals surface area contributed by atoms with E-state index in [9.17, 15) is 19.2 Å². The Balaban J connectivity index is 1.61. The first-order valence-electron chi connectivity index (χ1n) is 14.7. The number of thioether (sulfide) groups is 1. The second kappa shape index (κ2) is 13.0. The van der Waals surface area contributed by atoms with Crippen molar-refractivity contribution >= 4 is 34.8 Å². The van der Waals surface area contributed by atoms with E-state index in [0.717, 1.165) is 28.5 Å². The van der Waals surface area contributed by atoms with E-state index in [1.165, 1.54) is 0 Å². The van der Waals surface area contributed by atoms with E-state index in [4.69, 9.17) is 18.9 Å². The number of rotatable bonds is 10. The van der Waals surface area contributed by atoms with Gasteiger partial charge in [0.1, 0.15) is 35.6 Å². The van der Waals surface area contributed by atoms with Crippen LogP contribution in [-0.2, 0) is 25.5 Å². The van der Waals surface area contributed by atoms with Crippen LogP contribution in [0.3, 0.4) is 0 Å². The molecular formula is C33H41NO8S. The summed E-state index contributed by atoms with van der Waals surface area (Å²) < 4.78 is 24.9. The van der Waals surface area contributed by atoms with Crippen LogP contribution in [-0.4, -0.2) is 40.5 Å². The van der Waals surface area contributed by atoms with E-state index >= 15 is 0 Å². The smallest absolute Gasteiger partial charge is 0.313 e. The second-order valence-electron chi connectivity index (χ2n) is 12.0. The zero-order valence-electron chi connectivity index (χ0n) is 26.1. The molecule has 0 radical (unpaired) electrons. The Morgan fingerprint density at radius 2 is 1.65 bits per heavy atom. The van der Waals surface area contributed by atoms with Crippen molar-refractivity contribution in [2.45, 2.75) is 91.6 Å². The van der Waals surface area contributed by atoms with E-state index in [0.29, 0.717) is 47.6 Å². The molecule has 4 rings (SSSR count). The fraction of sp³-hybridized carbons (Fsp3) is 0.515. The van der Waals surface area contributed by atoms with Gasteiger partial charge in [-0.15, -0.1) is 0 Å². The van der Waals surface area contributed by atoms with Gasteiger partial charge in [0.15, 0.2) is 0 Å². The average molecular weight is 612 g/mol. The molecule has 2 heterocycles. The van der Waals surface area contributed by atoms with Crippen LogP contribution in [0.4, 0.5) is 4.79 Å². The Hall–Kier alpha value is -3.53. The number of esters is 2. The highest BCUT2D eigenvalue weighted by Crippen LogP contribution is 2.50. The van der Waals surface area contributed by atoms with Gasteiger partial charge in [-0.3, -0.25) is 24.5 Å². The van der Waals surface area contributed by atoms with Crippen molar-refractivity contribution in [3.8, 4) is 17.2 Å².